The van der Waals surface area contributed by atoms with Gasteiger partial charge in [0.2, 0.25) is 5.91 Å². The number of hydrogen-bond donors (Lipinski definition) is 2. The van der Waals surface area contributed by atoms with Gasteiger partial charge in [0.25, 0.3) is 0 Å². The van der Waals surface area contributed by atoms with Gasteiger partial charge in [0.05, 0.1) is 6.04 Å². The summed E-state index contributed by atoms with van der Waals surface area (Å²) in [6.45, 7) is 0.201. The molecular formula is C19H21FN2O2. The number of likely N-dealkylation sites (N-methyl/N-ethyl adjacent to an activating group) is 1. The van der Waals surface area contributed by atoms with Gasteiger partial charge in [-0.3, -0.25) is 10.1 Å². The SMILES string of the molecule is CNC(=O)[C@@H]1CC[C@H](c2ccc(OCc3ccccc3F)cc2)N1. The summed E-state index contributed by atoms with van der Waals surface area (Å²) in [6.07, 6.45) is 1.75. The second-order valence-corrected chi connectivity index (χ2v) is 5.91. The van der Waals surface area contributed by atoms with Crippen LogP contribution in [-0.2, 0) is 11.4 Å². The molecule has 5 heteroatoms. The minimum absolute atomic E-state index is 0.0299. The van der Waals surface area contributed by atoms with Crippen LogP contribution in [0.5, 0.6) is 5.75 Å². The molecule has 0 aliphatic carbocycles. The highest BCUT2D eigenvalue weighted by Gasteiger charge is 2.29. The predicted molar refractivity (Wildman–Crippen MR) is 90.1 cm³/mol. The lowest BCUT2D eigenvalue weighted by molar-refractivity contribution is -0.122. The van der Waals surface area contributed by atoms with Crippen LogP contribution in [0.25, 0.3) is 0 Å². The summed E-state index contributed by atoms with van der Waals surface area (Å²) in [7, 11) is 1.65. The Balaban J connectivity index is 1.58. The molecule has 0 aromatic heterocycles. The molecule has 1 amide bonds. The van der Waals surface area contributed by atoms with Crippen molar-refractivity contribution < 1.29 is 13.9 Å². The van der Waals surface area contributed by atoms with E-state index in [1.807, 2.05) is 24.3 Å². The number of hydrogen-bond acceptors (Lipinski definition) is 3. The number of amides is 1. The van der Waals surface area contributed by atoms with Crippen molar-refractivity contribution in [3.8, 4) is 5.75 Å². The number of carbonyl (C=O) groups is 1. The Bertz CT molecular complexity index is 703. The van der Waals surface area contributed by atoms with Gasteiger partial charge in [0.15, 0.2) is 0 Å². The van der Waals surface area contributed by atoms with Gasteiger partial charge in [0.1, 0.15) is 18.2 Å². The first-order chi connectivity index (χ1) is 11.7. The van der Waals surface area contributed by atoms with Crippen LogP contribution in [0.15, 0.2) is 48.5 Å². The van der Waals surface area contributed by atoms with Crippen LogP contribution in [0.2, 0.25) is 0 Å². The van der Waals surface area contributed by atoms with Gasteiger partial charge >= 0.3 is 0 Å². The fourth-order valence-electron chi connectivity index (χ4n) is 2.96. The lowest BCUT2D eigenvalue weighted by atomic mass is 10.1. The summed E-state index contributed by atoms with van der Waals surface area (Å²) in [4.78, 5) is 11.7. The van der Waals surface area contributed by atoms with E-state index in [4.69, 9.17) is 4.74 Å². The molecule has 126 valence electrons. The smallest absolute Gasteiger partial charge is 0.236 e. The molecule has 0 unspecified atom stereocenters. The zero-order chi connectivity index (χ0) is 16.9. The normalized spacial score (nSPS) is 19.9. The predicted octanol–water partition coefficient (Wildman–Crippen LogP) is 2.94. The van der Waals surface area contributed by atoms with E-state index >= 15 is 0 Å². The minimum atomic E-state index is -0.260. The molecule has 0 bridgehead atoms. The molecule has 1 heterocycles. The first-order valence-electron chi connectivity index (χ1n) is 8.11. The van der Waals surface area contributed by atoms with E-state index in [0.29, 0.717) is 11.3 Å². The highest BCUT2D eigenvalue weighted by molar-refractivity contribution is 5.81. The molecule has 24 heavy (non-hydrogen) atoms. The maximum atomic E-state index is 13.6. The van der Waals surface area contributed by atoms with Crippen LogP contribution in [0.4, 0.5) is 4.39 Å². The van der Waals surface area contributed by atoms with Crippen molar-refractivity contribution >= 4 is 5.91 Å². The Hall–Kier alpha value is -2.40. The summed E-state index contributed by atoms with van der Waals surface area (Å²) >= 11 is 0. The van der Waals surface area contributed by atoms with Gasteiger partial charge in [-0.2, -0.15) is 0 Å². The lowest BCUT2D eigenvalue weighted by Gasteiger charge is -2.14. The van der Waals surface area contributed by atoms with Crippen molar-refractivity contribution in [1.29, 1.82) is 0 Å². The first-order valence-corrected chi connectivity index (χ1v) is 8.11. The summed E-state index contributed by atoms with van der Waals surface area (Å²) in [5.74, 6) is 0.467. The number of nitrogens with one attached hydrogen (secondary N) is 2. The zero-order valence-electron chi connectivity index (χ0n) is 13.6. The Morgan fingerprint density at radius 1 is 1.21 bits per heavy atom. The van der Waals surface area contributed by atoms with Gasteiger partial charge < -0.3 is 10.1 Å². The fraction of sp³-hybridized carbons (Fsp3) is 0.316. The molecule has 2 aromatic carbocycles. The van der Waals surface area contributed by atoms with Crippen molar-refractivity contribution in [1.82, 2.24) is 10.6 Å². The largest absolute Gasteiger partial charge is 0.489 e. The van der Waals surface area contributed by atoms with E-state index in [1.54, 1.807) is 25.2 Å². The molecule has 1 saturated heterocycles. The molecule has 1 aliphatic heterocycles. The average molecular weight is 328 g/mol. The van der Waals surface area contributed by atoms with Crippen molar-refractivity contribution in [3.63, 3.8) is 0 Å². The summed E-state index contributed by atoms with van der Waals surface area (Å²) in [5.41, 5.74) is 1.66. The molecule has 0 saturated carbocycles. The zero-order valence-corrected chi connectivity index (χ0v) is 13.6. The van der Waals surface area contributed by atoms with Crippen LogP contribution in [0.3, 0.4) is 0 Å². The molecule has 2 N–H and O–H groups in total. The molecule has 1 fully saturated rings. The van der Waals surface area contributed by atoms with E-state index < -0.39 is 0 Å². The summed E-state index contributed by atoms with van der Waals surface area (Å²) in [5, 5.41) is 6.01. The Morgan fingerprint density at radius 2 is 1.96 bits per heavy atom. The monoisotopic (exact) mass is 328 g/mol. The first kappa shape index (κ1) is 16.5. The minimum Gasteiger partial charge on any atom is -0.489 e. The van der Waals surface area contributed by atoms with Crippen molar-refractivity contribution in [3.05, 3.63) is 65.5 Å². The fourth-order valence-corrected chi connectivity index (χ4v) is 2.96. The van der Waals surface area contributed by atoms with Gasteiger partial charge in [-0.05, 0) is 36.6 Å². The van der Waals surface area contributed by atoms with E-state index in [2.05, 4.69) is 10.6 Å². The van der Waals surface area contributed by atoms with Gasteiger partial charge in [-0.15, -0.1) is 0 Å². The second kappa shape index (κ2) is 7.45. The van der Waals surface area contributed by atoms with Crippen molar-refractivity contribution in [2.24, 2.45) is 0 Å². The van der Waals surface area contributed by atoms with E-state index in [0.717, 1.165) is 18.4 Å². The molecule has 2 atom stereocenters. The van der Waals surface area contributed by atoms with E-state index in [-0.39, 0.29) is 30.4 Å². The summed E-state index contributed by atoms with van der Waals surface area (Å²) in [6, 6.07) is 14.4. The molecular weight excluding hydrogens is 307 g/mol. The van der Waals surface area contributed by atoms with Crippen molar-refractivity contribution in [2.75, 3.05) is 7.05 Å². The molecule has 0 radical (unpaired) electrons. The van der Waals surface area contributed by atoms with Crippen molar-refractivity contribution in [2.45, 2.75) is 31.5 Å². The molecule has 0 spiro atoms. The molecule has 2 aromatic rings. The van der Waals surface area contributed by atoms with Crippen LogP contribution in [0.1, 0.15) is 30.0 Å². The maximum Gasteiger partial charge on any atom is 0.236 e. The Morgan fingerprint density at radius 3 is 2.67 bits per heavy atom. The van der Waals surface area contributed by atoms with E-state index in [9.17, 15) is 9.18 Å². The van der Waals surface area contributed by atoms with Crippen LogP contribution in [0, 0.1) is 5.82 Å². The van der Waals surface area contributed by atoms with Gasteiger partial charge in [0, 0.05) is 18.7 Å². The van der Waals surface area contributed by atoms with Crippen LogP contribution >= 0.6 is 0 Å². The number of rotatable bonds is 5. The van der Waals surface area contributed by atoms with Gasteiger partial charge in [-0.25, -0.2) is 4.39 Å². The van der Waals surface area contributed by atoms with Gasteiger partial charge in [-0.1, -0.05) is 30.3 Å². The standard InChI is InChI=1S/C19H21FN2O2/c1-21-19(23)18-11-10-17(22-18)13-6-8-15(9-7-13)24-12-14-4-2-3-5-16(14)20/h2-9,17-18,22H,10-12H2,1H3,(H,21,23)/t17-,18+/m1/s1. The third-order valence-corrected chi connectivity index (χ3v) is 4.34. The molecule has 4 nitrogen and oxygen atoms in total. The quantitative estimate of drug-likeness (QED) is 0.887. The Kier molecular flexibility index (Phi) is 5.11. The average Bonchev–Trinajstić information content (AvgIpc) is 3.11. The maximum absolute atomic E-state index is 13.6. The topological polar surface area (TPSA) is 50.4 Å². The summed E-state index contributed by atoms with van der Waals surface area (Å²) < 4.78 is 19.2. The van der Waals surface area contributed by atoms with Crippen LogP contribution in [-0.4, -0.2) is 19.0 Å². The highest BCUT2D eigenvalue weighted by Crippen LogP contribution is 2.28. The number of carbonyl (C=O) groups excluding carboxylic acids is 1. The Labute approximate surface area is 141 Å². The third-order valence-electron chi connectivity index (χ3n) is 4.34. The van der Waals surface area contributed by atoms with Crippen LogP contribution < -0.4 is 15.4 Å². The van der Waals surface area contributed by atoms with E-state index in [1.165, 1.54) is 6.07 Å². The number of benzene rings is 2. The third kappa shape index (κ3) is 3.74. The number of halogens is 1. The second-order valence-electron chi connectivity index (χ2n) is 5.91. The molecule has 1 aliphatic rings. The number of ether oxygens (including phenoxy) is 1. The lowest BCUT2D eigenvalue weighted by Crippen LogP contribution is -2.39. The molecule has 3 rings (SSSR count). The highest BCUT2D eigenvalue weighted by atomic mass is 19.1.